The first-order valence-corrected chi connectivity index (χ1v) is 9.78. The first-order chi connectivity index (χ1) is 14.4. The van der Waals surface area contributed by atoms with E-state index in [9.17, 15) is 14.0 Å². The Hall–Kier alpha value is -3.55. The predicted octanol–water partition coefficient (Wildman–Crippen LogP) is 3.41. The van der Waals surface area contributed by atoms with Crippen LogP contribution < -0.4 is 5.32 Å². The fourth-order valence-corrected chi connectivity index (χ4v) is 3.83. The van der Waals surface area contributed by atoms with Crippen LogP contribution in [-0.2, 0) is 4.79 Å². The number of likely N-dealkylation sites (tertiary alicyclic amines) is 1. The van der Waals surface area contributed by atoms with E-state index in [1.165, 1.54) is 12.1 Å². The number of halogens is 1. The number of nitrogens with zero attached hydrogens (tertiary/aromatic N) is 3. The summed E-state index contributed by atoms with van der Waals surface area (Å²) >= 11 is 0. The van der Waals surface area contributed by atoms with Crippen molar-refractivity contribution in [2.45, 2.75) is 26.3 Å². The number of aryl methyl sites for hydroxylation is 1. The van der Waals surface area contributed by atoms with Crippen molar-refractivity contribution in [1.82, 2.24) is 20.1 Å². The zero-order chi connectivity index (χ0) is 21.3. The standard InChI is InChI=1S/C22H22FN5O2/c1-13-11-16(3-4-18(13)23)26-21(29)17-8-10-28(14(17)2)22(30)20-6-5-19(27-20)15-7-9-24-25-12-15/h3-7,9,11-12,14,17,27H,8,10H2,1-2H3,(H,26,29)/t14-,17-/m0/s1. The zero-order valence-electron chi connectivity index (χ0n) is 16.7. The lowest BCUT2D eigenvalue weighted by molar-refractivity contribution is -0.120. The normalized spacial score (nSPS) is 18.4. The summed E-state index contributed by atoms with van der Waals surface area (Å²) in [6, 6.07) is 9.59. The lowest BCUT2D eigenvalue weighted by Crippen LogP contribution is -2.39. The fraction of sp³-hybridized carbons (Fsp3) is 0.273. The Kier molecular flexibility index (Phi) is 5.31. The molecule has 1 aliphatic rings. The zero-order valence-corrected chi connectivity index (χ0v) is 16.7. The van der Waals surface area contributed by atoms with Crippen LogP contribution in [0, 0.1) is 18.7 Å². The summed E-state index contributed by atoms with van der Waals surface area (Å²) < 4.78 is 13.4. The summed E-state index contributed by atoms with van der Waals surface area (Å²) in [6.07, 6.45) is 3.78. The smallest absolute Gasteiger partial charge is 0.270 e. The van der Waals surface area contributed by atoms with Gasteiger partial charge in [-0.05, 0) is 62.2 Å². The molecule has 2 amide bonds. The van der Waals surface area contributed by atoms with E-state index in [0.29, 0.717) is 29.9 Å². The maximum atomic E-state index is 13.4. The third-order valence-electron chi connectivity index (χ3n) is 5.59. The third-order valence-corrected chi connectivity index (χ3v) is 5.59. The second-order valence-electron chi connectivity index (χ2n) is 7.50. The molecule has 1 aliphatic heterocycles. The van der Waals surface area contributed by atoms with Crippen molar-refractivity contribution in [3.8, 4) is 11.3 Å². The van der Waals surface area contributed by atoms with Crippen LogP contribution in [0.25, 0.3) is 11.3 Å². The first-order valence-electron chi connectivity index (χ1n) is 9.78. The van der Waals surface area contributed by atoms with E-state index in [2.05, 4.69) is 20.5 Å². The number of benzene rings is 1. The van der Waals surface area contributed by atoms with Gasteiger partial charge in [0.1, 0.15) is 11.5 Å². The van der Waals surface area contributed by atoms with E-state index < -0.39 is 0 Å². The number of anilines is 1. The van der Waals surface area contributed by atoms with Crippen LogP contribution in [0.3, 0.4) is 0 Å². The highest BCUT2D eigenvalue weighted by Gasteiger charge is 2.38. The highest BCUT2D eigenvalue weighted by Crippen LogP contribution is 2.28. The molecular formula is C22H22FN5O2. The van der Waals surface area contributed by atoms with Crippen molar-refractivity contribution < 1.29 is 14.0 Å². The number of carbonyl (C=O) groups excluding carboxylic acids is 2. The average molecular weight is 407 g/mol. The monoisotopic (exact) mass is 407 g/mol. The largest absolute Gasteiger partial charge is 0.350 e. The van der Waals surface area contributed by atoms with E-state index in [4.69, 9.17) is 0 Å². The van der Waals surface area contributed by atoms with E-state index >= 15 is 0 Å². The van der Waals surface area contributed by atoms with Gasteiger partial charge in [-0.25, -0.2) is 4.39 Å². The Morgan fingerprint density at radius 2 is 2.03 bits per heavy atom. The highest BCUT2D eigenvalue weighted by atomic mass is 19.1. The Morgan fingerprint density at radius 3 is 2.77 bits per heavy atom. The van der Waals surface area contributed by atoms with E-state index in [1.807, 2.05) is 19.1 Å². The molecule has 3 heterocycles. The van der Waals surface area contributed by atoms with Crippen LogP contribution in [0.15, 0.2) is 48.8 Å². The lowest BCUT2D eigenvalue weighted by atomic mass is 10.0. The number of nitrogens with one attached hydrogen (secondary N) is 2. The molecule has 8 heteroatoms. The minimum absolute atomic E-state index is 0.149. The molecule has 3 aromatic rings. The second kappa shape index (κ2) is 8.06. The Labute approximate surface area is 173 Å². The molecule has 0 unspecified atom stereocenters. The van der Waals surface area contributed by atoms with Crippen LogP contribution >= 0.6 is 0 Å². The van der Waals surface area contributed by atoms with Gasteiger partial charge in [0.25, 0.3) is 5.91 Å². The van der Waals surface area contributed by atoms with Crippen molar-refractivity contribution in [1.29, 1.82) is 0 Å². The molecule has 0 aliphatic carbocycles. The number of amides is 2. The van der Waals surface area contributed by atoms with E-state index in [-0.39, 0.29) is 29.6 Å². The quantitative estimate of drug-likeness (QED) is 0.693. The van der Waals surface area contributed by atoms with Crippen molar-refractivity contribution in [2.24, 2.45) is 5.92 Å². The number of aromatic nitrogens is 3. The van der Waals surface area contributed by atoms with Gasteiger partial charge in [0.2, 0.25) is 5.91 Å². The molecule has 0 bridgehead atoms. The van der Waals surface area contributed by atoms with E-state index in [1.54, 1.807) is 36.4 Å². The van der Waals surface area contributed by atoms with Gasteiger partial charge in [0.15, 0.2) is 0 Å². The van der Waals surface area contributed by atoms with Crippen molar-refractivity contribution in [3.05, 3.63) is 65.9 Å². The minimum atomic E-state index is -0.335. The number of hydrogen-bond acceptors (Lipinski definition) is 4. The number of carbonyl (C=O) groups is 2. The summed E-state index contributed by atoms with van der Waals surface area (Å²) in [7, 11) is 0. The van der Waals surface area contributed by atoms with Crippen LogP contribution in [0.1, 0.15) is 29.4 Å². The molecule has 0 spiro atoms. The molecule has 0 saturated carbocycles. The summed E-state index contributed by atoms with van der Waals surface area (Å²) in [5, 5.41) is 10.4. The summed E-state index contributed by atoms with van der Waals surface area (Å²) in [4.78, 5) is 30.6. The van der Waals surface area contributed by atoms with Gasteiger partial charge in [-0.2, -0.15) is 10.2 Å². The van der Waals surface area contributed by atoms with Crippen LogP contribution in [0.4, 0.5) is 10.1 Å². The molecule has 154 valence electrons. The van der Waals surface area contributed by atoms with Crippen LogP contribution in [0.2, 0.25) is 0 Å². The van der Waals surface area contributed by atoms with Crippen molar-refractivity contribution in [2.75, 3.05) is 11.9 Å². The molecule has 30 heavy (non-hydrogen) atoms. The topological polar surface area (TPSA) is 91.0 Å². The van der Waals surface area contributed by atoms with Gasteiger partial charge in [-0.1, -0.05) is 0 Å². The summed E-state index contributed by atoms with van der Waals surface area (Å²) in [5.74, 6) is -0.965. The minimum Gasteiger partial charge on any atom is -0.350 e. The first kappa shape index (κ1) is 19.8. The van der Waals surface area contributed by atoms with E-state index in [0.717, 1.165) is 11.3 Å². The summed E-state index contributed by atoms with van der Waals surface area (Å²) in [6.45, 7) is 4.02. The molecule has 2 aromatic heterocycles. The maximum absolute atomic E-state index is 13.4. The fourth-order valence-electron chi connectivity index (χ4n) is 3.83. The second-order valence-corrected chi connectivity index (χ2v) is 7.50. The SMILES string of the molecule is Cc1cc(NC(=O)[C@H]2CCN(C(=O)c3ccc(-c4ccnnc4)[nH]3)[C@H]2C)ccc1F. The Bertz CT molecular complexity index is 1080. The molecular weight excluding hydrogens is 385 g/mol. The van der Waals surface area contributed by atoms with Gasteiger partial charge in [-0.15, -0.1) is 0 Å². The average Bonchev–Trinajstić information content (AvgIpc) is 3.38. The number of rotatable bonds is 4. The number of aromatic amines is 1. The van der Waals surface area contributed by atoms with Gasteiger partial charge >= 0.3 is 0 Å². The Balaban J connectivity index is 1.44. The summed E-state index contributed by atoms with van der Waals surface area (Å²) in [5.41, 5.74) is 3.10. The van der Waals surface area contributed by atoms with Crippen molar-refractivity contribution >= 4 is 17.5 Å². The molecule has 1 fully saturated rings. The highest BCUT2D eigenvalue weighted by molar-refractivity contribution is 5.97. The molecule has 0 radical (unpaired) electrons. The van der Waals surface area contributed by atoms with Gasteiger partial charge in [0, 0.05) is 29.5 Å². The Morgan fingerprint density at radius 1 is 1.20 bits per heavy atom. The van der Waals surface area contributed by atoms with Crippen molar-refractivity contribution in [3.63, 3.8) is 0 Å². The van der Waals surface area contributed by atoms with Crippen LogP contribution in [-0.4, -0.2) is 44.5 Å². The number of hydrogen-bond donors (Lipinski definition) is 2. The molecule has 1 saturated heterocycles. The van der Waals surface area contributed by atoms with Crippen LogP contribution in [0.5, 0.6) is 0 Å². The van der Waals surface area contributed by atoms with Gasteiger partial charge < -0.3 is 15.2 Å². The maximum Gasteiger partial charge on any atom is 0.270 e. The molecule has 2 N–H and O–H groups in total. The van der Waals surface area contributed by atoms with Gasteiger partial charge in [0.05, 0.1) is 18.3 Å². The molecule has 2 atom stereocenters. The lowest BCUT2D eigenvalue weighted by Gasteiger charge is -2.24. The number of H-pyrrole nitrogens is 1. The predicted molar refractivity (Wildman–Crippen MR) is 110 cm³/mol. The third kappa shape index (κ3) is 3.80. The molecule has 1 aromatic carbocycles. The molecule has 7 nitrogen and oxygen atoms in total. The molecule has 4 rings (SSSR count). The van der Waals surface area contributed by atoms with Gasteiger partial charge in [-0.3, -0.25) is 9.59 Å².